The van der Waals surface area contributed by atoms with Gasteiger partial charge >= 0.3 is 5.97 Å². The Morgan fingerprint density at radius 2 is 1.71 bits per heavy atom. The molecule has 8 heteroatoms. The van der Waals surface area contributed by atoms with E-state index < -0.39 is 18.5 Å². The number of ether oxygens (including phenoxy) is 2. The quantitative estimate of drug-likeness (QED) is 0.631. The van der Waals surface area contributed by atoms with Crippen LogP contribution in [0, 0.1) is 22.7 Å². The largest absolute Gasteiger partial charge is 0.480 e. The summed E-state index contributed by atoms with van der Waals surface area (Å²) in [5.74, 6) is -0.845. The maximum absolute atomic E-state index is 12.0. The van der Waals surface area contributed by atoms with Crippen molar-refractivity contribution in [3.05, 3.63) is 29.3 Å². The molecule has 0 radical (unpaired) electrons. The van der Waals surface area contributed by atoms with Gasteiger partial charge in [-0.1, -0.05) is 23.7 Å². The maximum atomic E-state index is 12.0. The predicted octanol–water partition coefficient (Wildman–Crippen LogP) is 1.92. The number of carbonyl (C=O) groups excluding carboxylic acids is 2. The normalized spacial score (nSPS) is 9.46. The number of amides is 1. The lowest BCUT2D eigenvalue weighted by molar-refractivity contribution is -0.153. The molecule has 0 saturated heterocycles. The van der Waals surface area contributed by atoms with Crippen LogP contribution in [-0.2, 0) is 14.3 Å². The highest BCUT2D eigenvalue weighted by molar-refractivity contribution is 6.32. The number of carbonyl (C=O) groups is 2. The first-order chi connectivity index (χ1) is 11.6. The molecule has 0 aromatic heterocycles. The fraction of sp³-hybridized carbons (Fsp3) is 0.375. The van der Waals surface area contributed by atoms with Gasteiger partial charge in [0.05, 0.1) is 30.0 Å². The summed E-state index contributed by atoms with van der Waals surface area (Å²) in [6.07, 6.45) is 0.279. The zero-order valence-electron chi connectivity index (χ0n) is 12.9. The van der Waals surface area contributed by atoms with Crippen LogP contribution in [-0.4, -0.2) is 43.1 Å². The first-order valence-electron chi connectivity index (χ1n) is 7.13. The monoisotopic (exact) mass is 349 g/mol. The molecule has 0 N–H and O–H groups in total. The first-order valence-corrected chi connectivity index (χ1v) is 7.51. The predicted molar refractivity (Wildman–Crippen MR) is 84.9 cm³/mol. The molecule has 24 heavy (non-hydrogen) atoms. The zero-order valence-corrected chi connectivity index (χ0v) is 13.7. The molecular formula is C16H16ClN3O4. The minimum absolute atomic E-state index is 0.140. The Morgan fingerprint density at radius 3 is 2.29 bits per heavy atom. The molecule has 0 aliphatic heterocycles. The average molecular weight is 350 g/mol. The topological polar surface area (TPSA) is 103 Å². The molecule has 0 atom stereocenters. The van der Waals surface area contributed by atoms with Crippen LogP contribution < -0.4 is 4.74 Å². The standard InChI is InChI=1S/C16H16ClN3O4/c17-13-5-1-2-6-14(13)23-12-16(22)24-11-15(21)20(9-3-7-18)10-4-8-19/h1-2,5-6H,3-4,9-12H2. The van der Waals surface area contributed by atoms with Crippen LogP contribution in [0.15, 0.2) is 24.3 Å². The van der Waals surface area contributed by atoms with Gasteiger partial charge in [-0.25, -0.2) is 4.79 Å². The lowest BCUT2D eigenvalue weighted by Gasteiger charge is -2.20. The summed E-state index contributed by atoms with van der Waals surface area (Å²) in [4.78, 5) is 24.9. The van der Waals surface area contributed by atoms with E-state index in [-0.39, 0.29) is 32.5 Å². The van der Waals surface area contributed by atoms with Gasteiger partial charge in [-0.05, 0) is 12.1 Å². The van der Waals surface area contributed by atoms with E-state index in [0.717, 1.165) is 0 Å². The van der Waals surface area contributed by atoms with Crippen LogP contribution in [0.5, 0.6) is 5.75 Å². The minimum Gasteiger partial charge on any atom is -0.480 e. The van der Waals surface area contributed by atoms with Gasteiger partial charge < -0.3 is 14.4 Å². The van der Waals surface area contributed by atoms with E-state index in [9.17, 15) is 9.59 Å². The molecule has 0 spiro atoms. The second-order valence-electron chi connectivity index (χ2n) is 4.58. The SMILES string of the molecule is N#CCCN(CCC#N)C(=O)COC(=O)COc1ccccc1Cl. The maximum Gasteiger partial charge on any atom is 0.344 e. The fourth-order valence-corrected chi connectivity index (χ4v) is 1.90. The van der Waals surface area contributed by atoms with Crippen molar-refractivity contribution in [2.75, 3.05) is 26.3 Å². The number of halogens is 1. The van der Waals surface area contributed by atoms with Crippen molar-refractivity contribution in [3.63, 3.8) is 0 Å². The summed E-state index contributed by atoms with van der Waals surface area (Å²) in [5, 5.41) is 17.5. The summed E-state index contributed by atoms with van der Waals surface area (Å²) in [6, 6.07) is 10.5. The van der Waals surface area contributed by atoms with Crippen molar-refractivity contribution in [3.8, 4) is 17.9 Å². The highest BCUT2D eigenvalue weighted by atomic mass is 35.5. The molecule has 0 aliphatic carbocycles. The van der Waals surface area contributed by atoms with Crippen molar-refractivity contribution in [1.29, 1.82) is 10.5 Å². The van der Waals surface area contributed by atoms with Crippen LogP contribution >= 0.6 is 11.6 Å². The van der Waals surface area contributed by atoms with Gasteiger partial charge in [0.15, 0.2) is 13.2 Å². The molecule has 0 bridgehead atoms. The van der Waals surface area contributed by atoms with Gasteiger partial charge in [0.1, 0.15) is 5.75 Å². The van der Waals surface area contributed by atoms with E-state index in [1.165, 1.54) is 4.90 Å². The smallest absolute Gasteiger partial charge is 0.344 e. The number of rotatable bonds is 9. The molecule has 1 rings (SSSR count). The highest BCUT2D eigenvalue weighted by Gasteiger charge is 2.15. The van der Waals surface area contributed by atoms with Gasteiger partial charge in [-0.15, -0.1) is 0 Å². The van der Waals surface area contributed by atoms with Crippen molar-refractivity contribution in [1.82, 2.24) is 4.90 Å². The van der Waals surface area contributed by atoms with Crippen LogP contribution in [0.25, 0.3) is 0 Å². The van der Waals surface area contributed by atoms with Gasteiger partial charge in [-0.2, -0.15) is 10.5 Å². The molecule has 126 valence electrons. The molecular weight excluding hydrogens is 334 g/mol. The van der Waals surface area contributed by atoms with Crippen LogP contribution in [0.1, 0.15) is 12.8 Å². The van der Waals surface area contributed by atoms with E-state index >= 15 is 0 Å². The summed E-state index contributed by atoms with van der Waals surface area (Å²) in [5.41, 5.74) is 0. The third kappa shape index (κ3) is 6.99. The molecule has 0 fully saturated rings. The lowest BCUT2D eigenvalue weighted by atomic mass is 10.3. The van der Waals surface area contributed by atoms with E-state index in [4.69, 9.17) is 31.6 Å². The highest BCUT2D eigenvalue weighted by Crippen LogP contribution is 2.22. The van der Waals surface area contributed by atoms with Gasteiger partial charge in [0.25, 0.3) is 5.91 Å². The van der Waals surface area contributed by atoms with Crippen molar-refractivity contribution in [2.24, 2.45) is 0 Å². The number of para-hydroxylation sites is 1. The fourth-order valence-electron chi connectivity index (χ4n) is 1.70. The number of hydrogen-bond donors (Lipinski definition) is 0. The van der Waals surface area contributed by atoms with E-state index in [0.29, 0.717) is 10.8 Å². The number of nitrogens with zero attached hydrogens (tertiary/aromatic N) is 3. The molecule has 1 aromatic rings. The second-order valence-corrected chi connectivity index (χ2v) is 4.98. The zero-order chi connectivity index (χ0) is 17.8. The Kier molecular flexibility index (Phi) is 8.73. The lowest BCUT2D eigenvalue weighted by Crippen LogP contribution is -2.36. The van der Waals surface area contributed by atoms with Gasteiger partial charge in [0.2, 0.25) is 0 Å². The Bertz CT molecular complexity index is 633. The molecule has 0 saturated carbocycles. The summed E-state index contributed by atoms with van der Waals surface area (Å²) in [7, 11) is 0. The van der Waals surface area contributed by atoms with Crippen LogP contribution in [0.2, 0.25) is 5.02 Å². The van der Waals surface area contributed by atoms with E-state index in [2.05, 4.69) is 0 Å². The molecule has 0 unspecified atom stereocenters. The van der Waals surface area contributed by atoms with Crippen molar-refractivity contribution >= 4 is 23.5 Å². The number of esters is 1. The Labute approximate surface area is 144 Å². The molecule has 1 aromatic carbocycles. The molecule has 0 heterocycles. The summed E-state index contributed by atoms with van der Waals surface area (Å²) in [6.45, 7) is -0.482. The van der Waals surface area contributed by atoms with Gasteiger partial charge in [-0.3, -0.25) is 4.79 Å². The van der Waals surface area contributed by atoms with Crippen molar-refractivity contribution in [2.45, 2.75) is 12.8 Å². The molecule has 1 amide bonds. The van der Waals surface area contributed by atoms with E-state index in [1.54, 1.807) is 24.3 Å². The Balaban J connectivity index is 2.41. The Morgan fingerprint density at radius 1 is 1.08 bits per heavy atom. The minimum atomic E-state index is -0.719. The second kappa shape index (κ2) is 10.9. The molecule has 0 aliphatic rings. The van der Waals surface area contributed by atoms with Crippen LogP contribution in [0.4, 0.5) is 0 Å². The molecule has 7 nitrogen and oxygen atoms in total. The first kappa shape index (κ1) is 19.3. The van der Waals surface area contributed by atoms with E-state index in [1.807, 2.05) is 12.1 Å². The average Bonchev–Trinajstić information content (AvgIpc) is 2.59. The third-order valence-corrected chi connectivity index (χ3v) is 3.19. The van der Waals surface area contributed by atoms with Gasteiger partial charge in [0, 0.05) is 13.1 Å². The number of hydrogen-bond acceptors (Lipinski definition) is 6. The summed E-state index contributed by atoms with van der Waals surface area (Å²) < 4.78 is 10.0. The Hall–Kier alpha value is -2.77. The number of benzene rings is 1. The third-order valence-electron chi connectivity index (χ3n) is 2.88. The van der Waals surface area contributed by atoms with Crippen LogP contribution in [0.3, 0.4) is 0 Å². The summed E-state index contributed by atoms with van der Waals surface area (Å²) >= 11 is 5.88. The van der Waals surface area contributed by atoms with Crippen molar-refractivity contribution < 1.29 is 19.1 Å². The number of nitriles is 2.